The highest BCUT2D eigenvalue weighted by Gasteiger charge is 2.34. The summed E-state index contributed by atoms with van der Waals surface area (Å²) in [5.41, 5.74) is 2.22. The van der Waals surface area contributed by atoms with Crippen molar-refractivity contribution < 1.29 is 4.79 Å². The number of nitrogens with one attached hydrogen (secondary N) is 1. The van der Waals surface area contributed by atoms with Gasteiger partial charge in [-0.05, 0) is 62.1 Å². The van der Waals surface area contributed by atoms with Gasteiger partial charge in [0.15, 0.2) is 0 Å². The van der Waals surface area contributed by atoms with Crippen molar-refractivity contribution in [2.24, 2.45) is 11.3 Å². The average Bonchev–Trinajstić information content (AvgIpc) is 3.20. The van der Waals surface area contributed by atoms with Crippen molar-refractivity contribution >= 4 is 22.2 Å². The third-order valence-electron chi connectivity index (χ3n) is 6.21. The average molecular weight is 360 g/mol. The fourth-order valence-corrected chi connectivity index (χ4v) is 5.35. The molecule has 0 aromatic carbocycles. The lowest BCUT2D eigenvalue weighted by molar-refractivity contribution is -0.117. The molecule has 1 aliphatic heterocycles. The molecule has 1 atom stereocenters. The summed E-state index contributed by atoms with van der Waals surface area (Å²) in [5.74, 6) is 0.672. The molecule has 0 radical (unpaired) electrons. The fraction of sp³-hybridized carbons (Fsp3) is 0.700. The number of thiophene rings is 1. The second-order valence-corrected chi connectivity index (χ2v) is 9.24. The van der Waals surface area contributed by atoms with E-state index >= 15 is 0 Å². The summed E-state index contributed by atoms with van der Waals surface area (Å²) in [6.45, 7) is 9.41. The van der Waals surface area contributed by atoms with Gasteiger partial charge in [-0.2, -0.15) is 5.26 Å². The van der Waals surface area contributed by atoms with E-state index in [9.17, 15) is 10.1 Å². The summed E-state index contributed by atoms with van der Waals surface area (Å²) in [6, 6.07) is 2.35. The first-order chi connectivity index (χ1) is 11.9. The van der Waals surface area contributed by atoms with Gasteiger partial charge in [0.05, 0.1) is 12.1 Å². The van der Waals surface area contributed by atoms with E-state index < -0.39 is 0 Å². The number of fused-ring (bicyclic) bond motifs is 1. The molecule has 0 saturated carbocycles. The first-order valence-electron chi connectivity index (χ1n) is 9.51. The van der Waals surface area contributed by atoms with Gasteiger partial charge in [0.2, 0.25) is 5.91 Å². The summed E-state index contributed by atoms with van der Waals surface area (Å²) in [6.07, 6.45) is 6.67. The smallest absolute Gasteiger partial charge is 0.239 e. The van der Waals surface area contributed by atoms with Crippen LogP contribution >= 0.6 is 11.3 Å². The predicted molar refractivity (Wildman–Crippen MR) is 103 cm³/mol. The van der Waals surface area contributed by atoms with Crippen molar-refractivity contribution in [3.8, 4) is 6.07 Å². The molecule has 1 aromatic heterocycles. The molecule has 1 aromatic rings. The number of rotatable bonds is 5. The Morgan fingerprint density at radius 1 is 1.40 bits per heavy atom. The van der Waals surface area contributed by atoms with E-state index in [0.717, 1.165) is 37.4 Å². The van der Waals surface area contributed by atoms with Crippen LogP contribution in [0.3, 0.4) is 0 Å². The Kier molecular flexibility index (Phi) is 5.50. The number of nitriles is 1. The first kappa shape index (κ1) is 18.4. The Bertz CT molecular complexity index is 680. The van der Waals surface area contributed by atoms with Crippen molar-refractivity contribution in [2.75, 3.05) is 25.0 Å². The molecule has 1 saturated heterocycles. The van der Waals surface area contributed by atoms with Gasteiger partial charge in [0, 0.05) is 4.88 Å². The number of amides is 1. The third-order valence-corrected chi connectivity index (χ3v) is 7.38. The molecule has 2 heterocycles. The van der Waals surface area contributed by atoms with Crippen molar-refractivity contribution in [1.29, 1.82) is 5.26 Å². The zero-order valence-electron chi connectivity index (χ0n) is 15.7. The Morgan fingerprint density at radius 3 is 2.76 bits per heavy atom. The quantitative estimate of drug-likeness (QED) is 0.857. The van der Waals surface area contributed by atoms with Gasteiger partial charge in [0.1, 0.15) is 11.1 Å². The van der Waals surface area contributed by atoms with Crippen LogP contribution in [0, 0.1) is 22.7 Å². The van der Waals surface area contributed by atoms with Crippen LogP contribution in [0.5, 0.6) is 0 Å². The van der Waals surface area contributed by atoms with Crippen LogP contribution in [-0.2, 0) is 17.6 Å². The molecule has 1 fully saturated rings. The van der Waals surface area contributed by atoms with E-state index in [1.165, 1.54) is 29.7 Å². The molecule has 2 aliphatic rings. The van der Waals surface area contributed by atoms with Gasteiger partial charge in [-0.3, -0.25) is 9.69 Å². The summed E-state index contributed by atoms with van der Waals surface area (Å²) in [5, 5.41) is 13.4. The van der Waals surface area contributed by atoms with Crippen molar-refractivity contribution in [1.82, 2.24) is 4.90 Å². The highest BCUT2D eigenvalue weighted by Crippen LogP contribution is 2.45. The van der Waals surface area contributed by atoms with E-state index in [2.05, 4.69) is 37.1 Å². The largest absolute Gasteiger partial charge is 0.315 e. The molecule has 1 N–H and O–H groups in total. The van der Waals surface area contributed by atoms with Crippen LogP contribution in [0.25, 0.3) is 0 Å². The number of carbonyl (C=O) groups is 1. The monoisotopic (exact) mass is 359 g/mol. The fourth-order valence-electron chi connectivity index (χ4n) is 4.06. The second kappa shape index (κ2) is 7.47. The number of nitrogens with zero attached hydrogens (tertiary/aromatic N) is 2. The number of likely N-dealkylation sites (tertiary alicyclic amines) is 1. The SMILES string of the molecule is CCC(C)(C)[C@H]1CCc2c(sc(NC(=O)CN3CCCC3)c2C#N)C1. The van der Waals surface area contributed by atoms with E-state index in [-0.39, 0.29) is 5.91 Å². The summed E-state index contributed by atoms with van der Waals surface area (Å²) < 4.78 is 0. The highest BCUT2D eigenvalue weighted by atomic mass is 32.1. The maximum absolute atomic E-state index is 12.4. The zero-order chi connectivity index (χ0) is 18.0. The summed E-state index contributed by atoms with van der Waals surface area (Å²) in [7, 11) is 0. The maximum atomic E-state index is 12.4. The van der Waals surface area contributed by atoms with Gasteiger partial charge in [-0.1, -0.05) is 27.2 Å². The Morgan fingerprint density at radius 2 is 2.12 bits per heavy atom. The van der Waals surface area contributed by atoms with Gasteiger partial charge in [-0.25, -0.2) is 0 Å². The van der Waals surface area contributed by atoms with E-state index in [1.807, 2.05) is 0 Å². The molecular weight excluding hydrogens is 330 g/mol. The zero-order valence-corrected chi connectivity index (χ0v) is 16.5. The van der Waals surface area contributed by atoms with Gasteiger partial charge < -0.3 is 5.32 Å². The molecule has 0 spiro atoms. The van der Waals surface area contributed by atoms with E-state index in [4.69, 9.17) is 0 Å². The topological polar surface area (TPSA) is 56.1 Å². The van der Waals surface area contributed by atoms with Crippen molar-refractivity contribution in [2.45, 2.75) is 59.3 Å². The lowest BCUT2D eigenvalue weighted by Gasteiger charge is -2.36. The first-order valence-corrected chi connectivity index (χ1v) is 10.3. The number of hydrogen-bond acceptors (Lipinski definition) is 4. The summed E-state index contributed by atoms with van der Waals surface area (Å²) in [4.78, 5) is 15.9. The molecule has 0 unspecified atom stereocenters. The van der Waals surface area contributed by atoms with Gasteiger partial charge in [0.25, 0.3) is 0 Å². The second-order valence-electron chi connectivity index (χ2n) is 8.13. The molecule has 3 rings (SSSR count). The van der Waals surface area contributed by atoms with Crippen LogP contribution < -0.4 is 5.32 Å². The van der Waals surface area contributed by atoms with Gasteiger partial charge in [-0.15, -0.1) is 11.3 Å². The Labute approximate surface area is 155 Å². The van der Waals surface area contributed by atoms with E-state index in [0.29, 0.717) is 23.4 Å². The molecular formula is C20H29N3OS. The van der Waals surface area contributed by atoms with Crippen molar-refractivity contribution in [3.63, 3.8) is 0 Å². The van der Waals surface area contributed by atoms with Crippen LogP contribution in [0.15, 0.2) is 0 Å². The minimum Gasteiger partial charge on any atom is -0.315 e. The third kappa shape index (κ3) is 3.91. The Balaban J connectivity index is 1.74. The Hall–Kier alpha value is -1.38. The minimum absolute atomic E-state index is 0.0161. The lowest BCUT2D eigenvalue weighted by atomic mass is 9.69. The number of anilines is 1. The molecule has 25 heavy (non-hydrogen) atoms. The van der Waals surface area contributed by atoms with Crippen LogP contribution in [0.1, 0.15) is 62.5 Å². The number of carbonyl (C=O) groups excluding carboxylic acids is 1. The van der Waals surface area contributed by atoms with E-state index in [1.54, 1.807) is 11.3 Å². The maximum Gasteiger partial charge on any atom is 0.239 e. The van der Waals surface area contributed by atoms with Crippen molar-refractivity contribution in [3.05, 3.63) is 16.0 Å². The van der Waals surface area contributed by atoms with Crippen LogP contribution in [0.2, 0.25) is 0 Å². The molecule has 4 nitrogen and oxygen atoms in total. The molecule has 1 amide bonds. The normalized spacial score (nSPS) is 21.0. The minimum atomic E-state index is 0.0161. The van der Waals surface area contributed by atoms with Gasteiger partial charge >= 0.3 is 0 Å². The summed E-state index contributed by atoms with van der Waals surface area (Å²) >= 11 is 1.63. The molecule has 0 bridgehead atoms. The highest BCUT2D eigenvalue weighted by molar-refractivity contribution is 7.16. The van der Waals surface area contributed by atoms with Crippen LogP contribution in [-0.4, -0.2) is 30.4 Å². The molecule has 5 heteroatoms. The molecule has 1 aliphatic carbocycles. The predicted octanol–water partition coefficient (Wildman–Crippen LogP) is 4.20. The van der Waals surface area contributed by atoms with Crippen LogP contribution in [0.4, 0.5) is 5.00 Å². The lowest BCUT2D eigenvalue weighted by Crippen LogP contribution is -2.30. The molecule has 136 valence electrons. The standard InChI is InChI=1S/C20H29N3OS/c1-4-20(2,3)14-7-8-15-16(12-21)19(25-17(15)11-14)22-18(24)13-23-9-5-6-10-23/h14H,4-11,13H2,1-3H3,(H,22,24)/t14-/m0/s1. The number of hydrogen-bond donors (Lipinski definition) is 1.